The van der Waals surface area contributed by atoms with Gasteiger partial charge in [0.25, 0.3) is 0 Å². The first-order valence-corrected chi connectivity index (χ1v) is 4.04. The maximum atomic E-state index is 10.6. The van der Waals surface area contributed by atoms with Crippen molar-refractivity contribution < 1.29 is 9.90 Å². The van der Waals surface area contributed by atoms with Crippen molar-refractivity contribution in [2.45, 2.75) is 12.8 Å². The van der Waals surface area contributed by atoms with Crippen LogP contribution in [0.3, 0.4) is 0 Å². The van der Waals surface area contributed by atoms with E-state index in [4.69, 9.17) is 10.8 Å². The van der Waals surface area contributed by atoms with E-state index in [0.29, 0.717) is 6.54 Å². The molecule has 0 amide bonds. The highest BCUT2D eigenvalue weighted by atomic mass is 16.4. The maximum absolute atomic E-state index is 10.6. The largest absolute Gasteiger partial charge is 0.478 e. The fraction of sp³-hybridized carbons (Fsp3) is 0.333. The Balaban J connectivity index is 2.98. The van der Waals surface area contributed by atoms with Crippen LogP contribution in [0.1, 0.15) is 28.9 Å². The number of carboxylic acids is 1. The molecule has 4 nitrogen and oxygen atoms in total. The average Bonchev–Trinajstić information content (AvgIpc) is 2.17. The van der Waals surface area contributed by atoms with Gasteiger partial charge < -0.3 is 10.8 Å². The molecule has 1 aromatic rings. The molecule has 70 valence electrons. The lowest BCUT2D eigenvalue weighted by molar-refractivity contribution is 0.0696. The molecule has 0 aromatic carbocycles. The second kappa shape index (κ2) is 4.00. The minimum atomic E-state index is -0.937. The number of hydrogen-bond donors (Lipinski definition) is 2. The molecule has 0 spiro atoms. The van der Waals surface area contributed by atoms with Gasteiger partial charge in [-0.3, -0.25) is 4.98 Å². The van der Waals surface area contributed by atoms with Gasteiger partial charge in [0.05, 0.1) is 5.56 Å². The first-order valence-electron chi connectivity index (χ1n) is 4.04. The first-order chi connectivity index (χ1) is 6.15. The Morgan fingerprint density at radius 1 is 1.77 bits per heavy atom. The van der Waals surface area contributed by atoms with Crippen LogP contribution in [0, 0.1) is 0 Å². The van der Waals surface area contributed by atoms with Crippen LogP contribution >= 0.6 is 0 Å². The lowest BCUT2D eigenvalue weighted by Gasteiger charge is -2.07. The second-order valence-corrected chi connectivity index (χ2v) is 2.91. The molecule has 1 aromatic heterocycles. The lowest BCUT2D eigenvalue weighted by atomic mass is 10.1. The van der Waals surface area contributed by atoms with Crippen LogP contribution in [0.5, 0.6) is 0 Å². The first kappa shape index (κ1) is 9.67. The molecular formula is C9H12N2O2. The third-order valence-electron chi connectivity index (χ3n) is 1.89. The number of nitrogens with two attached hydrogens (primary N) is 1. The van der Waals surface area contributed by atoms with Crippen molar-refractivity contribution in [1.82, 2.24) is 4.98 Å². The smallest absolute Gasteiger partial charge is 0.335 e. The van der Waals surface area contributed by atoms with E-state index in [1.807, 2.05) is 6.92 Å². The lowest BCUT2D eigenvalue weighted by Crippen LogP contribution is -2.11. The van der Waals surface area contributed by atoms with Gasteiger partial charge in [0, 0.05) is 24.4 Å². The summed E-state index contributed by atoms with van der Waals surface area (Å²) in [5.41, 5.74) is 6.42. The van der Waals surface area contributed by atoms with Crippen LogP contribution in [-0.4, -0.2) is 22.6 Å². The molecule has 4 heteroatoms. The minimum Gasteiger partial charge on any atom is -0.478 e. The zero-order chi connectivity index (χ0) is 9.84. The van der Waals surface area contributed by atoms with Crippen LogP contribution < -0.4 is 5.73 Å². The summed E-state index contributed by atoms with van der Waals surface area (Å²) in [6.07, 6.45) is 1.49. The summed E-state index contributed by atoms with van der Waals surface area (Å²) in [4.78, 5) is 14.7. The van der Waals surface area contributed by atoms with Crippen LogP contribution in [0.15, 0.2) is 18.3 Å². The number of nitrogens with zero attached hydrogens (tertiary/aromatic N) is 1. The van der Waals surface area contributed by atoms with Crippen molar-refractivity contribution in [3.05, 3.63) is 29.6 Å². The number of pyridine rings is 1. The number of rotatable bonds is 3. The van der Waals surface area contributed by atoms with E-state index in [2.05, 4.69) is 4.98 Å². The molecule has 0 aliphatic heterocycles. The summed E-state index contributed by atoms with van der Waals surface area (Å²) in [5, 5.41) is 8.70. The van der Waals surface area contributed by atoms with Gasteiger partial charge in [-0.2, -0.15) is 0 Å². The molecule has 1 rings (SSSR count). The number of carboxylic acid groups (broad SMARTS) is 1. The van der Waals surface area contributed by atoms with Gasteiger partial charge in [-0.1, -0.05) is 6.92 Å². The van der Waals surface area contributed by atoms with Crippen LogP contribution in [-0.2, 0) is 0 Å². The van der Waals surface area contributed by atoms with Crippen LogP contribution in [0.4, 0.5) is 0 Å². The fourth-order valence-corrected chi connectivity index (χ4v) is 0.972. The average molecular weight is 180 g/mol. The Kier molecular flexibility index (Phi) is 2.97. The number of hydrogen-bond acceptors (Lipinski definition) is 3. The number of carbonyl (C=O) groups is 1. The Bertz CT molecular complexity index is 312. The highest BCUT2D eigenvalue weighted by Crippen LogP contribution is 2.11. The van der Waals surface area contributed by atoms with E-state index in [1.165, 1.54) is 12.3 Å². The van der Waals surface area contributed by atoms with Crippen molar-refractivity contribution in [1.29, 1.82) is 0 Å². The minimum absolute atomic E-state index is 0.0966. The van der Waals surface area contributed by atoms with E-state index >= 15 is 0 Å². The Morgan fingerprint density at radius 2 is 2.46 bits per heavy atom. The summed E-state index contributed by atoms with van der Waals surface area (Å²) in [7, 11) is 0. The molecule has 0 bridgehead atoms. The van der Waals surface area contributed by atoms with Gasteiger partial charge in [0.1, 0.15) is 0 Å². The summed E-state index contributed by atoms with van der Waals surface area (Å²) < 4.78 is 0. The van der Waals surface area contributed by atoms with Gasteiger partial charge in [-0.25, -0.2) is 4.79 Å². The summed E-state index contributed by atoms with van der Waals surface area (Å²) >= 11 is 0. The fourth-order valence-electron chi connectivity index (χ4n) is 0.972. The molecule has 0 aliphatic carbocycles. The Morgan fingerprint density at radius 3 is 3.00 bits per heavy atom. The molecule has 1 atom stereocenters. The molecule has 3 N–H and O–H groups in total. The van der Waals surface area contributed by atoms with E-state index in [-0.39, 0.29) is 11.5 Å². The number of aromatic nitrogens is 1. The van der Waals surface area contributed by atoms with E-state index in [9.17, 15) is 4.79 Å². The van der Waals surface area contributed by atoms with Gasteiger partial charge in [0.15, 0.2) is 0 Å². The molecule has 0 saturated heterocycles. The van der Waals surface area contributed by atoms with Gasteiger partial charge in [-0.05, 0) is 12.1 Å². The second-order valence-electron chi connectivity index (χ2n) is 2.91. The van der Waals surface area contributed by atoms with Crippen molar-refractivity contribution in [2.24, 2.45) is 5.73 Å². The molecular weight excluding hydrogens is 168 g/mol. The zero-order valence-corrected chi connectivity index (χ0v) is 7.40. The predicted molar refractivity (Wildman–Crippen MR) is 48.7 cm³/mol. The summed E-state index contributed by atoms with van der Waals surface area (Å²) in [5.74, 6) is -0.841. The van der Waals surface area contributed by atoms with Crippen LogP contribution in [0.2, 0.25) is 0 Å². The molecule has 0 fully saturated rings. The molecule has 1 heterocycles. The molecule has 0 radical (unpaired) electrons. The predicted octanol–water partition coefficient (Wildman–Crippen LogP) is 0.842. The SMILES string of the molecule is CC(CN)c1cc(C(=O)O)ccn1. The molecule has 13 heavy (non-hydrogen) atoms. The van der Waals surface area contributed by atoms with Crippen molar-refractivity contribution in [2.75, 3.05) is 6.54 Å². The van der Waals surface area contributed by atoms with E-state index < -0.39 is 5.97 Å². The van der Waals surface area contributed by atoms with Crippen molar-refractivity contribution in [3.8, 4) is 0 Å². The quantitative estimate of drug-likeness (QED) is 0.722. The van der Waals surface area contributed by atoms with Gasteiger partial charge >= 0.3 is 5.97 Å². The Labute approximate surface area is 76.4 Å². The molecule has 0 saturated carbocycles. The highest BCUT2D eigenvalue weighted by Gasteiger charge is 2.08. The van der Waals surface area contributed by atoms with Gasteiger partial charge in [0.2, 0.25) is 0 Å². The topological polar surface area (TPSA) is 76.2 Å². The standard InChI is InChI=1S/C9H12N2O2/c1-6(5-10)8-4-7(9(12)13)2-3-11-8/h2-4,6H,5,10H2,1H3,(H,12,13). The maximum Gasteiger partial charge on any atom is 0.335 e. The third kappa shape index (κ3) is 2.26. The molecule has 0 aliphatic rings. The van der Waals surface area contributed by atoms with Crippen molar-refractivity contribution in [3.63, 3.8) is 0 Å². The Hall–Kier alpha value is -1.42. The zero-order valence-electron chi connectivity index (χ0n) is 7.40. The molecule has 1 unspecified atom stereocenters. The number of aromatic carboxylic acids is 1. The van der Waals surface area contributed by atoms with Crippen molar-refractivity contribution >= 4 is 5.97 Å². The van der Waals surface area contributed by atoms with Crippen LogP contribution in [0.25, 0.3) is 0 Å². The normalized spacial score (nSPS) is 12.5. The highest BCUT2D eigenvalue weighted by molar-refractivity contribution is 5.87. The van der Waals surface area contributed by atoms with E-state index in [1.54, 1.807) is 6.07 Å². The third-order valence-corrected chi connectivity index (χ3v) is 1.89. The van der Waals surface area contributed by atoms with Gasteiger partial charge in [-0.15, -0.1) is 0 Å². The van der Waals surface area contributed by atoms with E-state index in [0.717, 1.165) is 5.69 Å². The summed E-state index contributed by atoms with van der Waals surface area (Å²) in [6, 6.07) is 3.02. The summed E-state index contributed by atoms with van der Waals surface area (Å²) in [6.45, 7) is 2.38. The monoisotopic (exact) mass is 180 g/mol.